The summed E-state index contributed by atoms with van der Waals surface area (Å²) in [6.07, 6.45) is 3.61. The number of sulfone groups is 1. The minimum atomic E-state index is -3.21. The molecule has 2 aliphatic rings. The lowest BCUT2D eigenvalue weighted by Crippen LogP contribution is -2.60. The highest BCUT2D eigenvalue weighted by Gasteiger charge is 2.53. The second-order valence-corrected chi connectivity index (χ2v) is 8.12. The fourth-order valence-electron chi connectivity index (χ4n) is 3.78. The van der Waals surface area contributed by atoms with Crippen molar-refractivity contribution in [3.05, 3.63) is 0 Å². The van der Waals surface area contributed by atoms with Crippen molar-refractivity contribution >= 4 is 15.8 Å². The van der Waals surface area contributed by atoms with Gasteiger partial charge in [-0.25, -0.2) is 8.42 Å². The number of nitrogens with zero attached hydrogens (tertiary/aromatic N) is 1. The van der Waals surface area contributed by atoms with E-state index in [1.54, 1.807) is 6.92 Å². The van der Waals surface area contributed by atoms with Crippen LogP contribution in [0, 0.1) is 0 Å². The smallest absolute Gasteiger partial charge is 0.307 e. The molecule has 21 heavy (non-hydrogen) atoms. The van der Waals surface area contributed by atoms with Gasteiger partial charge in [0.05, 0.1) is 31.5 Å². The van der Waals surface area contributed by atoms with Crippen molar-refractivity contribution < 1.29 is 22.7 Å². The highest BCUT2D eigenvalue weighted by molar-refractivity contribution is 7.91. The topological polar surface area (TPSA) is 72.9 Å². The molecule has 2 atom stereocenters. The van der Waals surface area contributed by atoms with Gasteiger partial charge >= 0.3 is 5.97 Å². The Labute approximate surface area is 126 Å². The molecule has 7 heteroatoms. The first-order chi connectivity index (χ1) is 9.90. The van der Waals surface area contributed by atoms with Crippen LogP contribution in [0.4, 0.5) is 0 Å². The molecule has 2 fully saturated rings. The SMILES string of the molecule is CCOC(=O)CC1(N2CCOCC2)CCCC1S(C)(=O)=O. The monoisotopic (exact) mass is 319 g/mol. The molecule has 0 radical (unpaired) electrons. The molecule has 0 aromatic carbocycles. The van der Waals surface area contributed by atoms with E-state index in [0.717, 1.165) is 12.8 Å². The van der Waals surface area contributed by atoms with E-state index >= 15 is 0 Å². The van der Waals surface area contributed by atoms with Crippen LogP contribution in [0.2, 0.25) is 0 Å². The number of esters is 1. The zero-order chi connectivity index (χ0) is 15.5. The summed E-state index contributed by atoms with van der Waals surface area (Å²) in [6.45, 7) is 4.60. The van der Waals surface area contributed by atoms with Gasteiger partial charge < -0.3 is 9.47 Å². The molecule has 1 saturated heterocycles. The average molecular weight is 319 g/mol. The summed E-state index contributed by atoms with van der Waals surface area (Å²) in [5.74, 6) is -0.306. The van der Waals surface area contributed by atoms with Crippen molar-refractivity contribution in [2.75, 3.05) is 39.2 Å². The summed E-state index contributed by atoms with van der Waals surface area (Å²) < 4.78 is 34.9. The fraction of sp³-hybridized carbons (Fsp3) is 0.929. The Balaban J connectivity index is 2.30. The van der Waals surface area contributed by atoms with Crippen LogP contribution in [0.1, 0.15) is 32.6 Å². The summed E-state index contributed by atoms with van der Waals surface area (Å²) in [7, 11) is -3.21. The second kappa shape index (κ2) is 6.62. The Bertz CT molecular complexity index is 472. The van der Waals surface area contributed by atoms with E-state index in [1.807, 2.05) is 0 Å². The molecule has 122 valence electrons. The first-order valence-corrected chi connectivity index (χ1v) is 9.53. The van der Waals surface area contributed by atoms with Gasteiger partial charge in [0, 0.05) is 24.9 Å². The molecule has 0 N–H and O–H groups in total. The van der Waals surface area contributed by atoms with E-state index in [4.69, 9.17) is 9.47 Å². The van der Waals surface area contributed by atoms with Crippen LogP contribution in [0.3, 0.4) is 0 Å². The molecule has 0 aromatic rings. The van der Waals surface area contributed by atoms with Gasteiger partial charge in [-0.2, -0.15) is 0 Å². The third-order valence-electron chi connectivity index (χ3n) is 4.59. The summed E-state index contributed by atoms with van der Waals surface area (Å²) in [4.78, 5) is 14.2. The molecule has 6 nitrogen and oxygen atoms in total. The van der Waals surface area contributed by atoms with E-state index in [9.17, 15) is 13.2 Å². The molecule has 0 aromatic heterocycles. The first-order valence-electron chi connectivity index (χ1n) is 7.57. The average Bonchev–Trinajstić information content (AvgIpc) is 2.85. The van der Waals surface area contributed by atoms with Gasteiger partial charge in [0.15, 0.2) is 9.84 Å². The largest absolute Gasteiger partial charge is 0.466 e. The highest BCUT2D eigenvalue weighted by Crippen LogP contribution is 2.42. The Morgan fingerprint density at radius 1 is 1.38 bits per heavy atom. The molecule has 1 aliphatic heterocycles. The van der Waals surface area contributed by atoms with E-state index in [1.165, 1.54) is 6.26 Å². The van der Waals surface area contributed by atoms with Gasteiger partial charge in [-0.15, -0.1) is 0 Å². The predicted molar refractivity (Wildman–Crippen MR) is 78.9 cm³/mol. The van der Waals surface area contributed by atoms with Crippen molar-refractivity contribution in [1.29, 1.82) is 0 Å². The van der Waals surface area contributed by atoms with E-state index < -0.39 is 20.6 Å². The van der Waals surface area contributed by atoms with E-state index in [-0.39, 0.29) is 12.4 Å². The van der Waals surface area contributed by atoms with E-state index in [0.29, 0.717) is 39.3 Å². The third kappa shape index (κ3) is 3.57. The molecule has 1 heterocycles. The molecule has 1 saturated carbocycles. The fourth-order valence-corrected chi connectivity index (χ4v) is 5.52. The predicted octanol–water partition coefficient (Wildman–Crippen LogP) is 0.608. The van der Waals surface area contributed by atoms with Gasteiger partial charge in [0.2, 0.25) is 0 Å². The Morgan fingerprint density at radius 2 is 2.05 bits per heavy atom. The maximum Gasteiger partial charge on any atom is 0.307 e. The van der Waals surface area contributed by atoms with Crippen LogP contribution in [0.5, 0.6) is 0 Å². The Morgan fingerprint density at radius 3 is 2.62 bits per heavy atom. The van der Waals surface area contributed by atoms with Gasteiger partial charge in [-0.3, -0.25) is 9.69 Å². The zero-order valence-corrected chi connectivity index (χ0v) is 13.7. The van der Waals surface area contributed by atoms with Crippen molar-refractivity contribution in [3.8, 4) is 0 Å². The number of ether oxygens (including phenoxy) is 2. The molecule has 2 unspecified atom stereocenters. The van der Waals surface area contributed by atoms with Gasteiger partial charge in [-0.1, -0.05) is 6.42 Å². The zero-order valence-electron chi connectivity index (χ0n) is 12.8. The number of carbonyl (C=O) groups excluding carboxylic acids is 1. The molecule has 0 spiro atoms. The first kappa shape index (κ1) is 16.7. The Kier molecular flexibility index (Phi) is 5.27. The quantitative estimate of drug-likeness (QED) is 0.691. The number of morpholine rings is 1. The standard InChI is InChI=1S/C14H25NO5S/c1-3-20-13(16)11-14(15-7-9-19-10-8-15)6-4-5-12(14)21(2,17)18/h12H,3-11H2,1-2H3. The summed E-state index contributed by atoms with van der Waals surface area (Å²) in [5, 5.41) is -0.493. The van der Waals surface area contributed by atoms with Gasteiger partial charge in [0.1, 0.15) is 0 Å². The van der Waals surface area contributed by atoms with Gasteiger partial charge in [0.25, 0.3) is 0 Å². The normalized spacial score (nSPS) is 31.2. The minimum absolute atomic E-state index is 0.151. The van der Waals surface area contributed by atoms with E-state index in [2.05, 4.69) is 4.90 Å². The summed E-state index contributed by atoms with van der Waals surface area (Å²) in [6, 6.07) is 0. The molecule has 1 aliphatic carbocycles. The number of rotatable bonds is 5. The van der Waals surface area contributed by atoms with Crippen molar-refractivity contribution in [1.82, 2.24) is 4.90 Å². The number of hydrogen-bond donors (Lipinski definition) is 0. The lowest BCUT2D eigenvalue weighted by atomic mass is 9.90. The van der Waals surface area contributed by atoms with Gasteiger partial charge in [-0.05, 0) is 19.8 Å². The lowest BCUT2D eigenvalue weighted by molar-refractivity contribution is -0.147. The van der Waals surface area contributed by atoms with Crippen LogP contribution in [-0.2, 0) is 24.1 Å². The van der Waals surface area contributed by atoms with Crippen molar-refractivity contribution in [3.63, 3.8) is 0 Å². The molecule has 0 bridgehead atoms. The summed E-state index contributed by atoms with van der Waals surface area (Å²) >= 11 is 0. The number of hydrogen-bond acceptors (Lipinski definition) is 6. The second-order valence-electron chi connectivity index (χ2n) is 5.90. The molecular formula is C14H25NO5S. The maximum atomic E-state index is 12.2. The van der Waals surface area contributed by atoms with Crippen LogP contribution in [-0.4, -0.2) is 69.2 Å². The van der Waals surface area contributed by atoms with Crippen molar-refractivity contribution in [2.45, 2.75) is 43.4 Å². The minimum Gasteiger partial charge on any atom is -0.466 e. The lowest BCUT2D eigenvalue weighted by Gasteiger charge is -2.45. The highest BCUT2D eigenvalue weighted by atomic mass is 32.2. The van der Waals surface area contributed by atoms with Crippen LogP contribution in [0.15, 0.2) is 0 Å². The third-order valence-corrected chi connectivity index (χ3v) is 6.30. The Hall–Kier alpha value is -0.660. The molecule has 0 amide bonds. The molecule has 2 rings (SSSR count). The molecular weight excluding hydrogens is 294 g/mol. The van der Waals surface area contributed by atoms with Crippen LogP contribution in [0.25, 0.3) is 0 Å². The van der Waals surface area contributed by atoms with Crippen molar-refractivity contribution in [2.24, 2.45) is 0 Å². The summed E-state index contributed by atoms with van der Waals surface area (Å²) in [5.41, 5.74) is -0.621. The maximum absolute atomic E-state index is 12.2. The van der Waals surface area contributed by atoms with Crippen LogP contribution < -0.4 is 0 Å². The number of carbonyl (C=O) groups is 1. The van der Waals surface area contributed by atoms with Crippen LogP contribution >= 0.6 is 0 Å².